The average molecular weight is 544 g/mol. The Morgan fingerprint density at radius 3 is 2.05 bits per heavy atom. The van der Waals surface area contributed by atoms with Crippen molar-refractivity contribution >= 4 is 50.2 Å². The molecule has 3 N–H and O–H groups in total. The van der Waals surface area contributed by atoms with Crippen molar-refractivity contribution in [3.63, 3.8) is 0 Å². The molecule has 0 saturated heterocycles. The van der Waals surface area contributed by atoms with Crippen molar-refractivity contribution < 1.29 is 18.0 Å². The first-order valence-electron chi connectivity index (χ1n) is 12.0. The molecule has 11 heteroatoms. The number of benzene rings is 2. The first kappa shape index (κ1) is 26.7. The highest BCUT2D eigenvalue weighted by molar-refractivity contribution is 7.89. The molecular weight excluding hydrogens is 514 g/mol. The van der Waals surface area contributed by atoms with Gasteiger partial charge in [0, 0.05) is 60.0 Å². The molecular formula is C26H30ClN5O4S. The lowest BCUT2D eigenvalue weighted by Crippen LogP contribution is -2.53. The van der Waals surface area contributed by atoms with Gasteiger partial charge in [-0.2, -0.15) is 0 Å². The highest BCUT2D eigenvalue weighted by Gasteiger charge is 2.28. The number of rotatable bonds is 6. The van der Waals surface area contributed by atoms with E-state index < -0.39 is 10.0 Å². The second-order valence-corrected chi connectivity index (χ2v) is 11.5. The van der Waals surface area contributed by atoms with Crippen LogP contribution in [0.4, 0.5) is 0 Å². The highest BCUT2D eigenvalue weighted by Crippen LogP contribution is 2.24. The number of aromatic amines is 1. The third kappa shape index (κ3) is 6.50. The van der Waals surface area contributed by atoms with Crippen LogP contribution in [0.15, 0.2) is 53.1 Å². The van der Waals surface area contributed by atoms with Crippen LogP contribution >= 0.6 is 11.6 Å². The maximum absolute atomic E-state index is 13.0. The number of carbonyl (C=O) groups excluding carboxylic acids is 2. The average Bonchev–Trinajstić information content (AvgIpc) is 3.23. The Kier molecular flexibility index (Phi) is 7.89. The summed E-state index contributed by atoms with van der Waals surface area (Å²) in [7, 11) is -0.180. The standard InChI is InChI=1S/C26H30ClN5O4S/c1-32(2)24(31-37(3,35)36)16-8-10-17(11-9-16)25(33)29-21-6-4-5-7-22(21)30-26(34)18-12-13-19-20(27)15-28-23(19)14-18/h8-15,21-22,28H,4-7H2,1-3H3,(H,29,33)(H,30,34)/b31-24-/t21-,22?/m0/s1. The van der Waals surface area contributed by atoms with Crippen LogP contribution in [0.5, 0.6) is 0 Å². The van der Waals surface area contributed by atoms with E-state index in [0.717, 1.165) is 42.8 Å². The second kappa shape index (κ2) is 10.9. The summed E-state index contributed by atoms with van der Waals surface area (Å²) >= 11 is 6.14. The summed E-state index contributed by atoms with van der Waals surface area (Å²) in [6, 6.07) is 11.5. The molecule has 3 aromatic rings. The summed E-state index contributed by atoms with van der Waals surface area (Å²) in [5.41, 5.74) is 2.32. The van der Waals surface area contributed by atoms with Crippen molar-refractivity contribution in [1.82, 2.24) is 20.5 Å². The van der Waals surface area contributed by atoms with Gasteiger partial charge in [0.1, 0.15) is 5.84 Å². The van der Waals surface area contributed by atoms with Crippen LogP contribution in [0, 0.1) is 0 Å². The van der Waals surface area contributed by atoms with E-state index in [4.69, 9.17) is 11.6 Å². The quantitative estimate of drug-likeness (QED) is 0.324. The summed E-state index contributed by atoms with van der Waals surface area (Å²) in [5, 5.41) is 7.62. The van der Waals surface area contributed by atoms with Crippen LogP contribution in [0.3, 0.4) is 0 Å². The number of H-pyrrole nitrogens is 1. The minimum absolute atomic E-state index is 0.199. The summed E-state index contributed by atoms with van der Waals surface area (Å²) in [6.07, 6.45) is 6.16. The summed E-state index contributed by atoms with van der Waals surface area (Å²) < 4.78 is 27.1. The molecule has 0 radical (unpaired) electrons. The molecule has 1 aliphatic rings. The molecule has 1 aliphatic carbocycles. The SMILES string of the molecule is CN(C)/C(=N\S(C)(=O)=O)c1ccc(C(=O)N[C@H]2CCCCC2NC(=O)c2ccc3c(Cl)c[nH]c3c2)cc1. The van der Waals surface area contributed by atoms with E-state index in [1.807, 2.05) is 6.07 Å². The smallest absolute Gasteiger partial charge is 0.252 e. The van der Waals surface area contributed by atoms with Gasteiger partial charge in [-0.1, -0.05) is 42.6 Å². The number of amides is 2. The molecule has 2 aromatic carbocycles. The molecule has 2 atom stereocenters. The number of aromatic nitrogens is 1. The number of amidine groups is 1. The van der Waals surface area contributed by atoms with Gasteiger partial charge >= 0.3 is 0 Å². The van der Waals surface area contributed by atoms with Gasteiger partial charge in [0.25, 0.3) is 21.8 Å². The lowest BCUT2D eigenvalue weighted by Gasteiger charge is -2.33. The molecule has 4 rings (SSSR count). The van der Waals surface area contributed by atoms with E-state index >= 15 is 0 Å². The van der Waals surface area contributed by atoms with E-state index in [1.165, 1.54) is 0 Å². The van der Waals surface area contributed by atoms with Gasteiger partial charge in [0.05, 0.1) is 11.3 Å². The molecule has 37 heavy (non-hydrogen) atoms. The van der Waals surface area contributed by atoms with Gasteiger partial charge in [0.15, 0.2) is 0 Å². The van der Waals surface area contributed by atoms with Crippen LogP contribution < -0.4 is 10.6 Å². The van der Waals surface area contributed by atoms with Crippen molar-refractivity contribution in [1.29, 1.82) is 0 Å². The summed E-state index contributed by atoms with van der Waals surface area (Å²) in [4.78, 5) is 30.7. The molecule has 9 nitrogen and oxygen atoms in total. The minimum atomic E-state index is -3.58. The number of nitrogens with one attached hydrogen (secondary N) is 3. The van der Waals surface area contributed by atoms with E-state index in [1.54, 1.807) is 61.6 Å². The predicted octanol–water partition coefficient (Wildman–Crippen LogP) is 3.56. The molecule has 0 bridgehead atoms. The minimum Gasteiger partial charge on any atom is -0.362 e. The molecule has 1 heterocycles. The summed E-state index contributed by atoms with van der Waals surface area (Å²) in [6.45, 7) is 0. The molecule has 0 aliphatic heterocycles. The van der Waals surface area contributed by atoms with Crippen molar-refractivity contribution in [3.8, 4) is 0 Å². The molecule has 196 valence electrons. The Balaban J connectivity index is 1.45. The fourth-order valence-corrected chi connectivity index (χ4v) is 5.33. The zero-order chi connectivity index (χ0) is 26.7. The van der Waals surface area contributed by atoms with Crippen LogP contribution in [0.2, 0.25) is 5.02 Å². The van der Waals surface area contributed by atoms with Crippen LogP contribution in [-0.2, 0) is 10.0 Å². The predicted molar refractivity (Wildman–Crippen MR) is 146 cm³/mol. The maximum atomic E-state index is 13.0. The van der Waals surface area contributed by atoms with E-state index in [0.29, 0.717) is 21.7 Å². The van der Waals surface area contributed by atoms with Gasteiger partial charge in [-0.3, -0.25) is 9.59 Å². The van der Waals surface area contributed by atoms with Gasteiger partial charge in [-0.15, -0.1) is 4.40 Å². The van der Waals surface area contributed by atoms with Gasteiger partial charge in [0.2, 0.25) is 0 Å². The van der Waals surface area contributed by atoms with Crippen LogP contribution in [-0.4, -0.2) is 68.4 Å². The fraction of sp³-hybridized carbons (Fsp3) is 0.346. The first-order chi connectivity index (χ1) is 17.5. The maximum Gasteiger partial charge on any atom is 0.252 e. The lowest BCUT2D eigenvalue weighted by molar-refractivity contribution is 0.0863. The Morgan fingerprint density at radius 2 is 1.49 bits per heavy atom. The van der Waals surface area contributed by atoms with Crippen LogP contribution in [0.1, 0.15) is 52.0 Å². The van der Waals surface area contributed by atoms with Gasteiger partial charge < -0.3 is 20.5 Å². The largest absolute Gasteiger partial charge is 0.362 e. The number of halogens is 1. The zero-order valence-electron chi connectivity index (χ0n) is 20.9. The Hall–Kier alpha value is -3.37. The zero-order valence-corrected chi connectivity index (χ0v) is 22.5. The van der Waals surface area contributed by atoms with E-state index in [9.17, 15) is 18.0 Å². The molecule has 1 unspecified atom stereocenters. The van der Waals surface area contributed by atoms with Crippen molar-refractivity contribution in [3.05, 3.63) is 70.4 Å². The lowest BCUT2D eigenvalue weighted by atomic mass is 9.89. The number of carbonyl (C=O) groups is 2. The van der Waals surface area contributed by atoms with Crippen molar-refractivity contribution in [2.75, 3.05) is 20.4 Å². The number of sulfonamides is 1. The molecule has 1 fully saturated rings. The second-order valence-electron chi connectivity index (χ2n) is 9.46. The third-order valence-corrected chi connectivity index (χ3v) is 7.19. The number of nitrogens with zero attached hydrogens (tertiary/aromatic N) is 2. The highest BCUT2D eigenvalue weighted by atomic mass is 35.5. The molecule has 1 saturated carbocycles. The van der Waals surface area contributed by atoms with Crippen molar-refractivity contribution in [2.24, 2.45) is 4.40 Å². The van der Waals surface area contributed by atoms with Gasteiger partial charge in [-0.05, 0) is 37.1 Å². The Labute approximate surface area is 221 Å². The normalized spacial score (nSPS) is 18.4. The number of fused-ring (bicyclic) bond motifs is 1. The van der Waals surface area contributed by atoms with Crippen molar-refractivity contribution in [2.45, 2.75) is 37.8 Å². The van der Waals surface area contributed by atoms with Gasteiger partial charge in [-0.25, -0.2) is 8.42 Å². The molecule has 1 aromatic heterocycles. The molecule has 0 spiro atoms. The topological polar surface area (TPSA) is 124 Å². The molecule has 2 amide bonds. The Morgan fingerprint density at radius 1 is 0.946 bits per heavy atom. The monoisotopic (exact) mass is 543 g/mol. The van der Waals surface area contributed by atoms with E-state index in [2.05, 4.69) is 20.0 Å². The fourth-order valence-electron chi connectivity index (χ4n) is 4.53. The number of hydrogen-bond donors (Lipinski definition) is 3. The van der Waals surface area contributed by atoms with Crippen LogP contribution in [0.25, 0.3) is 10.9 Å². The Bertz CT molecular complexity index is 1450. The number of hydrogen-bond acceptors (Lipinski definition) is 4. The van der Waals surface area contributed by atoms with E-state index in [-0.39, 0.29) is 29.7 Å². The summed E-state index contributed by atoms with van der Waals surface area (Å²) in [5.74, 6) is -0.180. The third-order valence-electron chi connectivity index (χ3n) is 6.37. The first-order valence-corrected chi connectivity index (χ1v) is 14.2.